The molecular formula is C49H74O12S. The Bertz CT molecular complexity index is 1600. The minimum atomic E-state index is -4.62. The summed E-state index contributed by atoms with van der Waals surface area (Å²) in [6.45, 7) is 3.40. The summed E-state index contributed by atoms with van der Waals surface area (Å²) in [6, 6.07) is 0. The number of carbonyl (C=O) groups excluding carboxylic acids is 2. The van der Waals surface area contributed by atoms with Crippen LogP contribution < -0.4 is 0 Å². The Hall–Kier alpha value is -3.95. The molecule has 0 bridgehead atoms. The van der Waals surface area contributed by atoms with Gasteiger partial charge in [0.05, 0.1) is 6.61 Å². The Morgan fingerprint density at radius 2 is 1.05 bits per heavy atom. The topological polar surface area (TPSA) is 186 Å². The van der Waals surface area contributed by atoms with Crippen molar-refractivity contribution in [1.82, 2.24) is 0 Å². The summed E-state index contributed by atoms with van der Waals surface area (Å²) >= 11 is 0. The minimum absolute atomic E-state index is 0.0998. The zero-order valence-electron chi connectivity index (χ0n) is 36.9. The van der Waals surface area contributed by atoms with Gasteiger partial charge >= 0.3 is 11.9 Å². The number of aliphatic hydroxyl groups is 3. The van der Waals surface area contributed by atoms with Gasteiger partial charge in [0, 0.05) is 12.8 Å². The van der Waals surface area contributed by atoms with Gasteiger partial charge in [-0.05, 0) is 83.5 Å². The molecule has 0 radical (unpaired) electrons. The van der Waals surface area contributed by atoms with E-state index in [0.29, 0.717) is 12.8 Å². The van der Waals surface area contributed by atoms with E-state index in [-0.39, 0.29) is 19.4 Å². The fourth-order valence-corrected chi connectivity index (χ4v) is 6.44. The number of carbonyl (C=O) groups is 2. The predicted octanol–water partition coefficient (Wildman–Crippen LogP) is 9.00. The van der Waals surface area contributed by atoms with Gasteiger partial charge in [-0.15, -0.1) is 0 Å². The standard InChI is InChI=1S/C49H74O12S/c1-3-5-7-9-11-13-15-17-18-19-20-21-22-23-24-26-27-29-31-33-35-37-44(50)58-39-42(40-59-49-48(54)47(53)46(52)43(61-49)41-62(55,56)57)60-45(51)38-36-34-32-30-28-25-16-14-12-10-8-6-4-2/h5-8,10-14,16-18,20-21,23-25,27-29,42-43,46-49,52-54H,3-4,9,15,19,22,26,30-41H2,1-2H3,(H,55,56,57)/b7-5+,8-6+,12-10+,13-11+,16-14+,18-17+,21-20+,24-23+,28-25+,29-27+/t42?,43-,46-,47?,48?,49+/m1/s1. The monoisotopic (exact) mass is 886 g/mol. The van der Waals surface area contributed by atoms with Crippen LogP contribution in [0.15, 0.2) is 122 Å². The first-order valence-electron chi connectivity index (χ1n) is 22.1. The molecule has 0 spiro atoms. The summed E-state index contributed by atoms with van der Waals surface area (Å²) in [6.07, 6.45) is 43.9. The molecule has 1 heterocycles. The maximum Gasteiger partial charge on any atom is 0.306 e. The zero-order valence-corrected chi connectivity index (χ0v) is 37.7. The molecule has 1 aliphatic heterocycles. The van der Waals surface area contributed by atoms with E-state index in [9.17, 15) is 37.9 Å². The smallest absolute Gasteiger partial charge is 0.306 e. The Morgan fingerprint density at radius 3 is 1.63 bits per heavy atom. The second-order valence-electron chi connectivity index (χ2n) is 14.7. The predicted molar refractivity (Wildman–Crippen MR) is 247 cm³/mol. The molecule has 3 unspecified atom stereocenters. The van der Waals surface area contributed by atoms with Crippen molar-refractivity contribution < 1.29 is 56.8 Å². The molecule has 1 saturated heterocycles. The van der Waals surface area contributed by atoms with Crippen LogP contribution in [-0.2, 0) is 38.7 Å². The second kappa shape index (κ2) is 37.6. The van der Waals surface area contributed by atoms with Gasteiger partial charge in [-0.25, -0.2) is 0 Å². The van der Waals surface area contributed by atoms with E-state index < -0.39 is 71.2 Å². The number of ether oxygens (including phenoxy) is 4. The van der Waals surface area contributed by atoms with Crippen LogP contribution in [0.25, 0.3) is 0 Å². The van der Waals surface area contributed by atoms with E-state index >= 15 is 0 Å². The van der Waals surface area contributed by atoms with Crippen LogP contribution in [0.3, 0.4) is 0 Å². The highest BCUT2D eigenvalue weighted by Gasteiger charge is 2.46. The third kappa shape index (κ3) is 31.8. The van der Waals surface area contributed by atoms with E-state index in [0.717, 1.165) is 77.0 Å². The molecule has 0 aromatic heterocycles. The minimum Gasteiger partial charge on any atom is -0.462 e. The lowest BCUT2D eigenvalue weighted by molar-refractivity contribution is -0.297. The molecule has 0 aliphatic carbocycles. The number of aliphatic hydroxyl groups excluding tert-OH is 3. The molecule has 4 N–H and O–H groups in total. The molecule has 348 valence electrons. The third-order valence-corrected chi connectivity index (χ3v) is 9.88. The van der Waals surface area contributed by atoms with Crippen LogP contribution in [-0.4, -0.2) is 96.0 Å². The molecule has 0 aromatic carbocycles. The molecule has 6 atom stereocenters. The van der Waals surface area contributed by atoms with Crippen molar-refractivity contribution in [3.05, 3.63) is 122 Å². The molecule has 12 nitrogen and oxygen atoms in total. The van der Waals surface area contributed by atoms with Crippen molar-refractivity contribution in [3.63, 3.8) is 0 Å². The average Bonchev–Trinajstić information content (AvgIpc) is 3.24. The number of hydrogen-bond donors (Lipinski definition) is 4. The Labute approximate surface area is 371 Å². The Kier molecular flexibility index (Phi) is 34.0. The average molecular weight is 887 g/mol. The molecule has 0 amide bonds. The van der Waals surface area contributed by atoms with Crippen LogP contribution >= 0.6 is 0 Å². The van der Waals surface area contributed by atoms with Crippen molar-refractivity contribution in [1.29, 1.82) is 0 Å². The van der Waals surface area contributed by atoms with Gasteiger partial charge in [0.15, 0.2) is 12.4 Å². The summed E-state index contributed by atoms with van der Waals surface area (Å²) in [4.78, 5) is 25.4. The lowest BCUT2D eigenvalue weighted by Gasteiger charge is -2.40. The van der Waals surface area contributed by atoms with Gasteiger partial charge < -0.3 is 34.3 Å². The lowest BCUT2D eigenvalue weighted by atomic mass is 10.00. The summed E-state index contributed by atoms with van der Waals surface area (Å²) in [5, 5.41) is 30.9. The molecule has 1 aliphatic rings. The van der Waals surface area contributed by atoms with Crippen LogP contribution in [0.4, 0.5) is 0 Å². The highest BCUT2D eigenvalue weighted by molar-refractivity contribution is 7.85. The first-order valence-corrected chi connectivity index (χ1v) is 23.8. The number of unbranched alkanes of at least 4 members (excludes halogenated alkanes) is 5. The molecule has 0 saturated carbocycles. The van der Waals surface area contributed by atoms with E-state index in [2.05, 4.69) is 98.9 Å². The first-order chi connectivity index (χ1) is 30.0. The highest BCUT2D eigenvalue weighted by atomic mass is 32.2. The van der Waals surface area contributed by atoms with Gasteiger partial charge in [0.2, 0.25) is 0 Å². The van der Waals surface area contributed by atoms with Crippen LogP contribution in [0.5, 0.6) is 0 Å². The van der Waals surface area contributed by atoms with E-state index in [1.165, 1.54) is 0 Å². The maximum absolute atomic E-state index is 12.8. The van der Waals surface area contributed by atoms with E-state index in [1.54, 1.807) is 0 Å². The van der Waals surface area contributed by atoms with Crippen LogP contribution in [0.2, 0.25) is 0 Å². The second-order valence-corrected chi connectivity index (χ2v) is 16.2. The SMILES string of the molecule is CC/C=C/C=C/C=C/C=C/CCCCCC(=O)OC(COC(=O)CCCC/C=C/C/C=C/C/C=C/C/C=C/C/C=C/C/C=C/CC)CO[C@H]1O[C@H](CS(=O)(=O)O)[C@@H](O)C(O)C1O. The highest BCUT2D eigenvalue weighted by Crippen LogP contribution is 2.24. The first kappa shape index (κ1) is 56.1. The molecule has 62 heavy (non-hydrogen) atoms. The summed E-state index contributed by atoms with van der Waals surface area (Å²) in [5.41, 5.74) is 0. The fourth-order valence-electron chi connectivity index (χ4n) is 5.75. The molecule has 0 aromatic rings. The van der Waals surface area contributed by atoms with Gasteiger partial charge in [-0.2, -0.15) is 8.42 Å². The summed E-state index contributed by atoms with van der Waals surface area (Å²) in [5.74, 6) is -2.12. The molecular weight excluding hydrogens is 813 g/mol. The summed E-state index contributed by atoms with van der Waals surface area (Å²) in [7, 11) is -4.62. The number of allylic oxidation sites excluding steroid dienone is 20. The van der Waals surface area contributed by atoms with Gasteiger partial charge in [-0.3, -0.25) is 14.1 Å². The Balaban J connectivity index is 2.51. The fraction of sp³-hybridized carbons (Fsp3) is 0.551. The largest absolute Gasteiger partial charge is 0.462 e. The summed E-state index contributed by atoms with van der Waals surface area (Å²) < 4.78 is 53.9. The van der Waals surface area contributed by atoms with E-state index in [1.807, 2.05) is 36.5 Å². The zero-order chi connectivity index (χ0) is 45.5. The molecule has 1 rings (SSSR count). The van der Waals surface area contributed by atoms with Crippen molar-refractivity contribution in [2.75, 3.05) is 19.0 Å². The van der Waals surface area contributed by atoms with Gasteiger partial charge in [-0.1, -0.05) is 142 Å². The molecule has 1 fully saturated rings. The molecule has 13 heteroatoms. The number of hydrogen-bond acceptors (Lipinski definition) is 11. The number of rotatable bonds is 34. The lowest BCUT2D eigenvalue weighted by Crippen LogP contribution is -2.60. The maximum atomic E-state index is 12.8. The quantitative estimate of drug-likeness (QED) is 0.0158. The van der Waals surface area contributed by atoms with Gasteiger partial charge in [0.25, 0.3) is 10.1 Å². The third-order valence-electron chi connectivity index (χ3n) is 9.13. The van der Waals surface area contributed by atoms with Crippen molar-refractivity contribution in [2.24, 2.45) is 0 Å². The van der Waals surface area contributed by atoms with E-state index in [4.69, 9.17) is 18.9 Å². The Morgan fingerprint density at radius 1 is 0.565 bits per heavy atom. The van der Waals surface area contributed by atoms with Crippen LogP contribution in [0.1, 0.15) is 117 Å². The number of esters is 2. The van der Waals surface area contributed by atoms with Crippen molar-refractivity contribution in [3.8, 4) is 0 Å². The van der Waals surface area contributed by atoms with Crippen LogP contribution in [0, 0.1) is 0 Å². The van der Waals surface area contributed by atoms with Gasteiger partial charge in [0.1, 0.15) is 36.8 Å². The normalized spacial score (nSPS) is 21.0. The van der Waals surface area contributed by atoms with Crippen molar-refractivity contribution in [2.45, 2.75) is 153 Å². The van der Waals surface area contributed by atoms with Crippen molar-refractivity contribution >= 4 is 22.1 Å².